The van der Waals surface area contributed by atoms with Gasteiger partial charge in [-0.3, -0.25) is 4.79 Å². The lowest BCUT2D eigenvalue weighted by atomic mass is 9.86. The molecule has 126 valence electrons. The Morgan fingerprint density at radius 3 is 2.67 bits per heavy atom. The van der Waals surface area contributed by atoms with Gasteiger partial charge in [0, 0.05) is 24.0 Å². The van der Waals surface area contributed by atoms with E-state index in [2.05, 4.69) is 0 Å². The van der Waals surface area contributed by atoms with Crippen molar-refractivity contribution in [2.45, 2.75) is 24.9 Å². The molecule has 0 unspecified atom stereocenters. The molecule has 2 aromatic rings. The van der Waals surface area contributed by atoms with E-state index in [1.165, 1.54) is 11.3 Å². The van der Waals surface area contributed by atoms with Crippen LogP contribution in [-0.2, 0) is 0 Å². The van der Waals surface area contributed by atoms with Crippen molar-refractivity contribution in [2.24, 2.45) is 5.73 Å². The SMILES string of the molecule is CN(C(=O)c1ccc(-c2ccc3c(c2)OCCO3)s1)C1CC(N)C1. The van der Waals surface area contributed by atoms with E-state index in [-0.39, 0.29) is 18.0 Å². The third kappa shape index (κ3) is 2.76. The number of ether oxygens (including phenoxy) is 2. The first-order valence-electron chi connectivity index (χ1n) is 8.14. The average molecular weight is 344 g/mol. The Balaban J connectivity index is 1.53. The van der Waals surface area contributed by atoms with Crippen LogP contribution < -0.4 is 15.2 Å². The van der Waals surface area contributed by atoms with E-state index in [0.29, 0.717) is 13.2 Å². The summed E-state index contributed by atoms with van der Waals surface area (Å²) in [6, 6.07) is 10.3. The van der Waals surface area contributed by atoms with Gasteiger partial charge < -0.3 is 20.1 Å². The van der Waals surface area contributed by atoms with E-state index in [0.717, 1.165) is 39.7 Å². The molecule has 4 rings (SSSR count). The fraction of sp³-hybridized carbons (Fsp3) is 0.389. The number of carbonyl (C=O) groups excluding carboxylic acids is 1. The second-order valence-electron chi connectivity index (χ2n) is 6.32. The van der Waals surface area contributed by atoms with Crippen molar-refractivity contribution in [3.8, 4) is 21.9 Å². The minimum atomic E-state index is 0.0701. The first-order valence-corrected chi connectivity index (χ1v) is 8.96. The molecular formula is C18H20N2O3S. The largest absolute Gasteiger partial charge is 0.486 e. The van der Waals surface area contributed by atoms with Crippen LogP contribution in [0.1, 0.15) is 22.5 Å². The van der Waals surface area contributed by atoms with Crippen molar-refractivity contribution >= 4 is 17.2 Å². The lowest BCUT2D eigenvalue weighted by Crippen LogP contribution is -2.51. The minimum Gasteiger partial charge on any atom is -0.486 e. The quantitative estimate of drug-likeness (QED) is 0.930. The summed E-state index contributed by atoms with van der Waals surface area (Å²) in [7, 11) is 1.86. The van der Waals surface area contributed by atoms with Crippen LogP contribution in [0.2, 0.25) is 0 Å². The third-order valence-corrected chi connectivity index (χ3v) is 5.78. The third-order valence-electron chi connectivity index (χ3n) is 4.66. The van der Waals surface area contributed by atoms with E-state index in [1.54, 1.807) is 0 Å². The van der Waals surface area contributed by atoms with Crippen LogP contribution in [0.15, 0.2) is 30.3 Å². The molecule has 0 radical (unpaired) electrons. The van der Waals surface area contributed by atoms with Gasteiger partial charge in [0.05, 0.1) is 4.88 Å². The van der Waals surface area contributed by atoms with Gasteiger partial charge in [-0.2, -0.15) is 0 Å². The number of thiophene rings is 1. The van der Waals surface area contributed by atoms with Gasteiger partial charge in [-0.25, -0.2) is 0 Å². The highest BCUT2D eigenvalue weighted by atomic mass is 32.1. The number of benzene rings is 1. The standard InChI is InChI=1S/C18H20N2O3S/c1-20(13-9-12(19)10-13)18(21)17-5-4-16(24-17)11-2-3-14-15(8-11)23-7-6-22-14/h2-5,8,12-13H,6-7,9-10,19H2,1H3. The summed E-state index contributed by atoms with van der Waals surface area (Å²) < 4.78 is 11.2. The molecule has 1 aromatic heterocycles. The minimum absolute atomic E-state index is 0.0701. The van der Waals surface area contributed by atoms with Crippen LogP contribution in [0, 0.1) is 0 Å². The second kappa shape index (κ2) is 6.11. The number of carbonyl (C=O) groups is 1. The zero-order valence-corrected chi connectivity index (χ0v) is 14.3. The zero-order chi connectivity index (χ0) is 16.7. The summed E-state index contributed by atoms with van der Waals surface area (Å²) in [4.78, 5) is 16.2. The van der Waals surface area contributed by atoms with Gasteiger partial charge >= 0.3 is 0 Å². The maximum Gasteiger partial charge on any atom is 0.263 e. The predicted octanol–water partition coefficient (Wildman–Crippen LogP) is 2.75. The summed E-state index contributed by atoms with van der Waals surface area (Å²) >= 11 is 1.51. The van der Waals surface area contributed by atoms with Crippen LogP contribution >= 0.6 is 11.3 Å². The van der Waals surface area contributed by atoms with Crippen LogP contribution in [0.3, 0.4) is 0 Å². The fourth-order valence-electron chi connectivity index (χ4n) is 3.09. The van der Waals surface area contributed by atoms with Crippen LogP contribution in [0.25, 0.3) is 10.4 Å². The van der Waals surface area contributed by atoms with Crippen molar-refractivity contribution in [3.05, 3.63) is 35.2 Å². The van der Waals surface area contributed by atoms with E-state index >= 15 is 0 Å². The first kappa shape index (κ1) is 15.5. The van der Waals surface area contributed by atoms with E-state index in [9.17, 15) is 4.79 Å². The molecule has 2 heterocycles. The van der Waals surface area contributed by atoms with E-state index in [4.69, 9.17) is 15.2 Å². The maximum absolute atomic E-state index is 12.6. The molecule has 0 bridgehead atoms. The Morgan fingerprint density at radius 1 is 1.17 bits per heavy atom. The summed E-state index contributed by atoms with van der Waals surface area (Å²) in [5.41, 5.74) is 6.86. The van der Waals surface area contributed by atoms with Crippen LogP contribution in [-0.4, -0.2) is 43.2 Å². The second-order valence-corrected chi connectivity index (χ2v) is 7.41. The van der Waals surface area contributed by atoms with Gasteiger partial charge in [0.2, 0.25) is 0 Å². The Bertz CT molecular complexity index is 767. The Kier molecular flexibility index (Phi) is 3.94. The van der Waals surface area contributed by atoms with Crippen molar-refractivity contribution in [2.75, 3.05) is 20.3 Å². The molecular weight excluding hydrogens is 324 g/mol. The number of hydrogen-bond acceptors (Lipinski definition) is 5. The highest BCUT2D eigenvalue weighted by molar-refractivity contribution is 7.17. The van der Waals surface area contributed by atoms with Crippen molar-refractivity contribution in [3.63, 3.8) is 0 Å². The molecule has 2 N–H and O–H groups in total. The van der Waals surface area contributed by atoms with Gasteiger partial charge in [0.1, 0.15) is 13.2 Å². The van der Waals surface area contributed by atoms with Gasteiger partial charge in [0.25, 0.3) is 5.91 Å². The topological polar surface area (TPSA) is 64.8 Å². The molecule has 0 spiro atoms. The van der Waals surface area contributed by atoms with Gasteiger partial charge in [0.15, 0.2) is 11.5 Å². The number of amides is 1. The highest BCUT2D eigenvalue weighted by Gasteiger charge is 2.32. The molecule has 0 saturated heterocycles. The monoisotopic (exact) mass is 344 g/mol. The fourth-order valence-corrected chi connectivity index (χ4v) is 4.08. The molecule has 1 amide bonds. The maximum atomic E-state index is 12.6. The van der Waals surface area contributed by atoms with Crippen molar-refractivity contribution in [1.82, 2.24) is 4.90 Å². The Labute approximate surface area is 145 Å². The Hall–Kier alpha value is -2.05. The molecule has 1 aliphatic heterocycles. The smallest absolute Gasteiger partial charge is 0.263 e. The summed E-state index contributed by atoms with van der Waals surface area (Å²) in [5.74, 6) is 1.61. The normalized spacial score (nSPS) is 21.9. The number of fused-ring (bicyclic) bond motifs is 1. The van der Waals surface area contributed by atoms with Crippen LogP contribution in [0.5, 0.6) is 11.5 Å². The van der Waals surface area contributed by atoms with Crippen molar-refractivity contribution < 1.29 is 14.3 Å². The average Bonchev–Trinajstić information content (AvgIpc) is 3.07. The number of rotatable bonds is 3. The summed E-state index contributed by atoms with van der Waals surface area (Å²) in [6.45, 7) is 1.15. The van der Waals surface area contributed by atoms with E-state index in [1.807, 2.05) is 42.3 Å². The highest BCUT2D eigenvalue weighted by Crippen LogP contribution is 2.37. The zero-order valence-electron chi connectivity index (χ0n) is 13.5. The molecule has 1 saturated carbocycles. The van der Waals surface area contributed by atoms with Gasteiger partial charge in [-0.15, -0.1) is 11.3 Å². The lowest BCUT2D eigenvalue weighted by Gasteiger charge is -2.39. The number of nitrogens with zero attached hydrogens (tertiary/aromatic N) is 1. The molecule has 1 fully saturated rings. The lowest BCUT2D eigenvalue weighted by molar-refractivity contribution is 0.0630. The van der Waals surface area contributed by atoms with E-state index < -0.39 is 0 Å². The van der Waals surface area contributed by atoms with Crippen LogP contribution in [0.4, 0.5) is 0 Å². The van der Waals surface area contributed by atoms with Crippen molar-refractivity contribution in [1.29, 1.82) is 0 Å². The molecule has 1 aromatic carbocycles. The number of nitrogens with two attached hydrogens (primary N) is 1. The molecule has 5 nitrogen and oxygen atoms in total. The first-order chi connectivity index (χ1) is 11.6. The molecule has 24 heavy (non-hydrogen) atoms. The number of hydrogen-bond donors (Lipinski definition) is 1. The molecule has 0 atom stereocenters. The molecule has 6 heteroatoms. The van der Waals surface area contributed by atoms with Gasteiger partial charge in [-0.1, -0.05) is 0 Å². The molecule has 2 aliphatic rings. The van der Waals surface area contributed by atoms with Gasteiger partial charge in [-0.05, 0) is 48.7 Å². The summed E-state index contributed by atoms with van der Waals surface area (Å²) in [6.07, 6.45) is 1.78. The molecule has 1 aliphatic carbocycles. The summed E-state index contributed by atoms with van der Waals surface area (Å²) in [5, 5.41) is 0. The predicted molar refractivity (Wildman–Crippen MR) is 93.8 cm³/mol. The Morgan fingerprint density at radius 2 is 1.92 bits per heavy atom.